The normalized spacial score (nSPS) is 10.8. The molecule has 0 bridgehead atoms. The largest absolute Gasteiger partial charge is 0.0664 e. The van der Waals surface area contributed by atoms with Crippen molar-refractivity contribution < 1.29 is 0 Å². The Morgan fingerprint density at radius 2 is 1.05 bits per heavy atom. The maximum absolute atomic E-state index is 2.31. The minimum atomic E-state index is -0.221. The lowest BCUT2D eigenvalue weighted by Gasteiger charge is -2.19. The number of benzene rings is 3. The lowest BCUT2D eigenvalue weighted by Crippen LogP contribution is -2.04. The van der Waals surface area contributed by atoms with Gasteiger partial charge in [0.2, 0.25) is 0 Å². The molecule has 0 fully saturated rings. The summed E-state index contributed by atoms with van der Waals surface area (Å²) in [6, 6.07) is 30.8. The van der Waals surface area contributed by atoms with Crippen LogP contribution in [0.5, 0.6) is 0 Å². The van der Waals surface area contributed by atoms with Gasteiger partial charge >= 0.3 is 0 Å². The van der Waals surface area contributed by atoms with Gasteiger partial charge in [-0.3, -0.25) is 0 Å². The van der Waals surface area contributed by atoms with E-state index in [9.17, 15) is 0 Å². The Labute approximate surface area is 134 Å². The lowest BCUT2D eigenvalue weighted by atomic mass is 10.2. The summed E-state index contributed by atoms with van der Waals surface area (Å²) in [5.41, 5.74) is 4.20. The molecule has 3 aromatic rings. The first-order chi connectivity index (χ1) is 10.8. The minimum absolute atomic E-state index is 0.221. The zero-order valence-corrected chi connectivity index (χ0v) is 13.8. The van der Waals surface area contributed by atoms with Crippen molar-refractivity contribution in [2.45, 2.75) is 19.2 Å². The Hall–Kier alpha value is -1.91. The van der Waals surface area contributed by atoms with Gasteiger partial charge in [0.15, 0.2) is 0 Å². The van der Waals surface area contributed by atoms with E-state index in [1.807, 2.05) is 0 Å². The SMILES string of the molecule is Cc1ccc(P(Cc2ccccc2)Cc2ccccc2)cc1. The standard InChI is InChI=1S/C21H21P/c1-18-12-14-21(15-13-18)22(16-19-8-4-2-5-9-19)17-20-10-6-3-7-11-20/h2-15H,16-17H2,1H3. The molecule has 0 spiro atoms. The fourth-order valence-corrected chi connectivity index (χ4v) is 4.95. The first-order valence-corrected chi connectivity index (χ1v) is 9.42. The van der Waals surface area contributed by atoms with Gasteiger partial charge in [-0.25, -0.2) is 0 Å². The van der Waals surface area contributed by atoms with Crippen LogP contribution < -0.4 is 5.30 Å². The van der Waals surface area contributed by atoms with E-state index in [1.54, 1.807) is 0 Å². The summed E-state index contributed by atoms with van der Waals surface area (Å²) in [5, 5.41) is 1.49. The predicted molar refractivity (Wildman–Crippen MR) is 98.0 cm³/mol. The third-order valence-corrected chi connectivity index (χ3v) is 6.35. The molecule has 0 saturated carbocycles. The maximum atomic E-state index is 2.31. The van der Waals surface area contributed by atoms with Gasteiger partial charge in [0.25, 0.3) is 0 Å². The van der Waals surface area contributed by atoms with Gasteiger partial charge < -0.3 is 0 Å². The molecule has 3 rings (SSSR count). The highest BCUT2D eigenvalue weighted by molar-refractivity contribution is 7.64. The van der Waals surface area contributed by atoms with Gasteiger partial charge in [-0.15, -0.1) is 0 Å². The Morgan fingerprint density at radius 3 is 1.50 bits per heavy atom. The molecule has 0 aromatic heterocycles. The third-order valence-electron chi connectivity index (χ3n) is 3.83. The first-order valence-electron chi connectivity index (χ1n) is 7.71. The molecule has 0 atom stereocenters. The topological polar surface area (TPSA) is 0 Å². The Bertz CT molecular complexity index is 645. The van der Waals surface area contributed by atoms with Crippen LogP contribution in [0.3, 0.4) is 0 Å². The fraction of sp³-hybridized carbons (Fsp3) is 0.143. The molecule has 0 unspecified atom stereocenters. The van der Waals surface area contributed by atoms with Crippen LogP contribution in [0.15, 0.2) is 84.9 Å². The van der Waals surface area contributed by atoms with E-state index in [2.05, 4.69) is 91.9 Å². The van der Waals surface area contributed by atoms with Gasteiger partial charge in [0, 0.05) is 0 Å². The highest BCUT2D eigenvalue weighted by atomic mass is 31.1. The molecule has 0 aliphatic heterocycles. The van der Waals surface area contributed by atoms with Crippen LogP contribution in [-0.2, 0) is 12.3 Å². The smallest absolute Gasteiger partial charge is 0.00298 e. The van der Waals surface area contributed by atoms with Gasteiger partial charge in [-0.05, 0) is 35.7 Å². The van der Waals surface area contributed by atoms with Crippen molar-refractivity contribution in [2.75, 3.05) is 0 Å². The fourth-order valence-electron chi connectivity index (χ4n) is 2.60. The summed E-state index contributed by atoms with van der Waals surface area (Å²) in [7, 11) is -0.221. The molecule has 0 aliphatic rings. The molecule has 1 heteroatoms. The number of hydrogen-bond donors (Lipinski definition) is 0. The van der Waals surface area contributed by atoms with Crippen molar-refractivity contribution in [3.05, 3.63) is 102 Å². The van der Waals surface area contributed by atoms with Crippen molar-refractivity contribution in [1.29, 1.82) is 0 Å². The molecule has 0 saturated heterocycles. The molecular formula is C21H21P. The minimum Gasteiger partial charge on any atom is -0.0664 e. The molecule has 0 amide bonds. The molecule has 0 aliphatic carbocycles. The Balaban J connectivity index is 1.86. The summed E-state index contributed by atoms with van der Waals surface area (Å²) in [5.74, 6) is 0. The highest BCUT2D eigenvalue weighted by Gasteiger charge is 2.12. The van der Waals surface area contributed by atoms with Gasteiger partial charge in [0.1, 0.15) is 0 Å². The highest BCUT2D eigenvalue weighted by Crippen LogP contribution is 2.42. The average molecular weight is 304 g/mol. The molecule has 0 radical (unpaired) electrons. The second-order valence-electron chi connectivity index (χ2n) is 5.66. The van der Waals surface area contributed by atoms with Crippen LogP contribution in [-0.4, -0.2) is 0 Å². The summed E-state index contributed by atoms with van der Waals surface area (Å²) in [4.78, 5) is 0. The average Bonchev–Trinajstić information content (AvgIpc) is 2.57. The van der Waals surface area contributed by atoms with Crippen molar-refractivity contribution in [1.82, 2.24) is 0 Å². The molecule has 22 heavy (non-hydrogen) atoms. The lowest BCUT2D eigenvalue weighted by molar-refractivity contribution is 1.33. The summed E-state index contributed by atoms with van der Waals surface area (Å²) in [6.07, 6.45) is 2.29. The summed E-state index contributed by atoms with van der Waals surface area (Å²) in [6.45, 7) is 2.15. The molecule has 3 aromatic carbocycles. The van der Waals surface area contributed by atoms with Crippen molar-refractivity contribution in [3.8, 4) is 0 Å². The predicted octanol–water partition coefficient (Wildman–Crippen LogP) is 5.50. The Kier molecular flexibility index (Phi) is 5.03. The second-order valence-corrected chi connectivity index (χ2v) is 7.89. The van der Waals surface area contributed by atoms with E-state index >= 15 is 0 Å². The zero-order chi connectivity index (χ0) is 15.2. The number of aryl methyl sites for hydroxylation is 1. The second kappa shape index (κ2) is 7.38. The van der Waals surface area contributed by atoms with Crippen LogP contribution in [0.1, 0.15) is 16.7 Å². The molecule has 110 valence electrons. The monoisotopic (exact) mass is 304 g/mol. The Morgan fingerprint density at radius 1 is 0.591 bits per heavy atom. The quantitative estimate of drug-likeness (QED) is 0.546. The molecule has 0 heterocycles. The van der Waals surface area contributed by atoms with E-state index in [1.165, 1.54) is 22.0 Å². The van der Waals surface area contributed by atoms with E-state index in [0.717, 1.165) is 12.3 Å². The van der Waals surface area contributed by atoms with E-state index < -0.39 is 0 Å². The third kappa shape index (κ3) is 4.06. The number of hydrogen-bond acceptors (Lipinski definition) is 0. The number of rotatable bonds is 5. The summed E-state index contributed by atoms with van der Waals surface area (Å²) < 4.78 is 0. The van der Waals surface area contributed by atoms with E-state index in [0.29, 0.717) is 0 Å². The first kappa shape index (κ1) is 15.0. The van der Waals surface area contributed by atoms with Crippen LogP contribution in [0, 0.1) is 6.92 Å². The van der Waals surface area contributed by atoms with Crippen molar-refractivity contribution in [2.24, 2.45) is 0 Å². The van der Waals surface area contributed by atoms with Gasteiger partial charge in [-0.2, -0.15) is 0 Å². The molecule has 0 N–H and O–H groups in total. The van der Waals surface area contributed by atoms with Crippen LogP contribution in [0.2, 0.25) is 0 Å². The van der Waals surface area contributed by atoms with Gasteiger partial charge in [0.05, 0.1) is 0 Å². The van der Waals surface area contributed by atoms with Crippen LogP contribution in [0.25, 0.3) is 0 Å². The van der Waals surface area contributed by atoms with E-state index in [-0.39, 0.29) is 7.92 Å². The van der Waals surface area contributed by atoms with Crippen molar-refractivity contribution in [3.63, 3.8) is 0 Å². The maximum Gasteiger partial charge on any atom is -0.00298 e. The van der Waals surface area contributed by atoms with Crippen LogP contribution >= 0.6 is 7.92 Å². The van der Waals surface area contributed by atoms with Crippen LogP contribution in [0.4, 0.5) is 0 Å². The molecular weight excluding hydrogens is 283 g/mol. The summed E-state index contributed by atoms with van der Waals surface area (Å²) >= 11 is 0. The molecule has 0 nitrogen and oxygen atoms in total. The van der Waals surface area contributed by atoms with E-state index in [4.69, 9.17) is 0 Å². The van der Waals surface area contributed by atoms with Crippen molar-refractivity contribution >= 4 is 13.2 Å². The zero-order valence-electron chi connectivity index (χ0n) is 12.9. The van der Waals surface area contributed by atoms with Gasteiger partial charge in [-0.1, -0.05) is 98.4 Å².